The van der Waals surface area contributed by atoms with Crippen molar-refractivity contribution < 1.29 is 22.7 Å². The molecule has 0 radical (unpaired) electrons. The lowest BCUT2D eigenvalue weighted by Crippen LogP contribution is -2.37. The van der Waals surface area contributed by atoms with Crippen molar-refractivity contribution in [1.82, 2.24) is 19.9 Å². The standard InChI is InChI=1S/C24H24BrF3N6O2/c25-19-12-17(11-18(13-19)24(26,27)28)22(35)32-21-14-20(16-3-1-4-29-15-16)31-23(33-21)30-5-2-6-34-7-9-36-10-8-34/h1,3-4,11-15H,2,5-10H2,(H2,30,31,32,33,35). The first-order valence-corrected chi connectivity index (χ1v) is 12.1. The molecule has 2 aromatic heterocycles. The molecule has 0 aliphatic carbocycles. The average molecular weight is 565 g/mol. The van der Waals surface area contributed by atoms with Crippen molar-refractivity contribution in [1.29, 1.82) is 0 Å². The third-order valence-electron chi connectivity index (χ3n) is 5.45. The number of nitrogens with zero attached hydrogens (tertiary/aromatic N) is 4. The van der Waals surface area contributed by atoms with Crippen LogP contribution in [-0.2, 0) is 10.9 Å². The van der Waals surface area contributed by atoms with Gasteiger partial charge in [-0.2, -0.15) is 18.2 Å². The maximum Gasteiger partial charge on any atom is 0.416 e. The topological polar surface area (TPSA) is 92.3 Å². The third-order valence-corrected chi connectivity index (χ3v) is 5.91. The van der Waals surface area contributed by atoms with E-state index in [1.54, 1.807) is 24.5 Å². The number of ether oxygens (including phenoxy) is 1. The Balaban J connectivity index is 1.51. The highest BCUT2D eigenvalue weighted by atomic mass is 79.9. The van der Waals surface area contributed by atoms with Crippen molar-refractivity contribution in [3.05, 3.63) is 64.4 Å². The highest BCUT2D eigenvalue weighted by Crippen LogP contribution is 2.32. The molecule has 0 spiro atoms. The number of anilines is 2. The van der Waals surface area contributed by atoms with E-state index in [2.05, 4.69) is 46.4 Å². The Labute approximate surface area is 214 Å². The van der Waals surface area contributed by atoms with Gasteiger partial charge in [0.15, 0.2) is 0 Å². The molecule has 1 amide bonds. The minimum atomic E-state index is -4.58. The van der Waals surface area contributed by atoms with Crippen molar-refractivity contribution in [2.75, 3.05) is 50.0 Å². The minimum absolute atomic E-state index is 0.142. The number of pyridine rings is 1. The third kappa shape index (κ3) is 7.21. The van der Waals surface area contributed by atoms with E-state index in [-0.39, 0.29) is 15.9 Å². The van der Waals surface area contributed by atoms with Crippen LogP contribution in [0.15, 0.2) is 53.3 Å². The fourth-order valence-electron chi connectivity index (χ4n) is 3.65. The molecule has 190 valence electrons. The number of halogens is 4. The van der Waals surface area contributed by atoms with Crippen molar-refractivity contribution in [2.45, 2.75) is 12.6 Å². The summed E-state index contributed by atoms with van der Waals surface area (Å²) in [7, 11) is 0. The molecular formula is C24H24BrF3N6O2. The molecule has 1 fully saturated rings. The molecule has 4 rings (SSSR count). The molecule has 0 bridgehead atoms. The molecule has 12 heteroatoms. The second-order valence-corrected chi connectivity index (χ2v) is 9.03. The zero-order valence-corrected chi connectivity index (χ0v) is 20.8. The van der Waals surface area contributed by atoms with Crippen molar-refractivity contribution in [2.24, 2.45) is 0 Å². The van der Waals surface area contributed by atoms with Gasteiger partial charge < -0.3 is 15.4 Å². The lowest BCUT2D eigenvalue weighted by atomic mass is 10.1. The predicted molar refractivity (Wildman–Crippen MR) is 133 cm³/mol. The largest absolute Gasteiger partial charge is 0.416 e. The van der Waals surface area contributed by atoms with Crippen LogP contribution in [0.1, 0.15) is 22.3 Å². The summed E-state index contributed by atoms with van der Waals surface area (Å²) in [6.07, 6.45) is -0.482. The molecule has 0 unspecified atom stereocenters. The number of carbonyl (C=O) groups excluding carboxylic acids is 1. The Hall–Kier alpha value is -3.09. The van der Waals surface area contributed by atoms with Crippen LogP contribution in [0.25, 0.3) is 11.3 Å². The number of nitrogens with one attached hydrogen (secondary N) is 2. The SMILES string of the molecule is O=C(Nc1cc(-c2cccnc2)nc(NCCCN2CCOCC2)n1)c1cc(Br)cc(C(F)(F)F)c1. The van der Waals surface area contributed by atoms with Gasteiger partial charge in [-0.05, 0) is 43.3 Å². The number of carbonyl (C=O) groups is 1. The number of rotatable bonds is 8. The molecule has 0 atom stereocenters. The summed E-state index contributed by atoms with van der Waals surface area (Å²) in [5.41, 5.74) is 0.129. The van der Waals surface area contributed by atoms with Crippen LogP contribution in [0.4, 0.5) is 24.9 Å². The summed E-state index contributed by atoms with van der Waals surface area (Å²) in [4.78, 5) is 28.1. The van der Waals surface area contributed by atoms with Crippen molar-refractivity contribution in [3.8, 4) is 11.3 Å². The number of benzene rings is 1. The quantitative estimate of drug-likeness (QED) is 0.383. The van der Waals surface area contributed by atoms with Gasteiger partial charge in [0.05, 0.1) is 24.5 Å². The van der Waals surface area contributed by atoms with Gasteiger partial charge in [0.25, 0.3) is 5.91 Å². The minimum Gasteiger partial charge on any atom is -0.379 e. The van der Waals surface area contributed by atoms with Gasteiger partial charge in [-0.1, -0.05) is 15.9 Å². The number of hydrogen-bond acceptors (Lipinski definition) is 7. The Bertz CT molecular complexity index is 1190. The Kier molecular flexibility index (Phi) is 8.49. The van der Waals surface area contributed by atoms with E-state index in [1.807, 2.05) is 6.07 Å². The number of hydrogen-bond donors (Lipinski definition) is 2. The first-order valence-electron chi connectivity index (χ1n) is 11.3. The van der Waals surface area contributed by atoms with E-state index in [0.717, 1.165) is 51.4 Å². The van der Waals surface area contributed by atoms with Gasteiger partial charge in [-0.25, -0.2) is 4.98 Å². The highest BCUT2D eigenvalue weighted by molar-refractivity contribution is 9.10. The van der Waals surface area contributed by atoms with Crippen LogP contribution >= 0.6 is 15.9 Å². The predicted octanol–water partition coefficient (Wildman–Crippen LogP) is 4.71. The van der Waals surface area contributed by atoms with Gasteiger partial charge in [-0.15, -0.1) is 0 Å². The second kappa shape index (κ2) is 11.8. The van der Waals surface area contributed by atoms with E-state index in [0.29, 0.717) is 23.8 Å². The summed E-state index contributed by atoms with van der Waals surface area (Å²) in [5.74, 6) is -0.284. The van der Waals surface area contributed by atoms with Gasteiger partial charge in [0.1, 0.15) is 5.82 Å². The molecule has 0 saturated carbocycles. The molecule has 8 nitrogen and oxygen atoms in total. The molecule has 1 saturated heterocycles. The van der Waals surface area contributed by atoms with E-state index < -0.39 is 17.6 Å². The number of morpholine rings is 1. The lowest BCUT2D eigenvalue weighted by Gasteiger charge is -2.26. The van der Waals surface area contributed by atoms with Crippen LogP contribution in [0, 0.1) is 0 Å². The first kappa shape index (κ1) is 26.0. The van der Waals surface area contributed by atoms with Gasteiger partial charge in [-0.3, -0.25) is 14.7 Å². The lowest BCUT2D eigenvalue weighted by molar-refractivity contribution is -0.137. The highest BCUT2D eigenvalue weighted by Gasteiger charge is 2.31. The maximum atomic E-state index is 13.2. The average Bonchev–Trinajstić information content (AvgIpc) is 2.87. The van der Waals surface area contributed by atoms with Crippen molar-refractivity contribution in [3.63, 3.8) is 0 Å². The first-order chi connectivity index (χ1) is 17.3. The number of aromatic nitrogens is 3. The summed E-state index contributed by atoms with van der Waals surface area (Å²) in [6.45, 7) is 4.75. The Morgan fingerprint density at radius 1 is 1.14 bits per heavy atom. The van der Waals surface area contributed by atoms with Crippen LogP contribution in [-0.4, -0.2) is 65.2 Å². The summed E-state index contributed by atoms with van der Waals surface area (Å²) in [6, 6.07) is 8.16. The van der Waals surface area contributed by atoms with E-state index >= 15 is 0 Å². The fourth-order valence-corrected chi connectivity index (χ4v) is 4.15. The Morgan fingerprint density at radius 2 is 1.94 bits per heavy atom. The monoisotopic (exact) mass is 564 g/mol. The summed E-state index contributed by atoms with van der Waals surface area (Å²) in [5, 5.41) is 5.77. The van der Waals surface area contributed by atoms with Gasteiger partial charge >= 0.3 is 6.18 Å². The smallest absolute Gasteiger partial charge is 0.379 e. The van der Waals surface area contributed by atoms with Gasteiger partial charge in [0, 0.05) is 53.7 Å². The molecule has 2 N–H and O–H groups in total. The summed E-state index contributed by atoms with van der Waals surface area (Å²) >= 11 is 3.04. The van der Waals surface area contributed by atoms with E-state index in [9.17, 15) is 18.0 Å². The molecule has 36 heavy (non-hydrogen) atoms. The zero-order valence-electron chi connectivity index (χ0n) is 19.2. The molecule has 3 aromatic rings. The van der Waals surface area contributed by atoms with Crippen molar-refractivity contribution >= 4 is 33.6 Å². The van der Waals surface area contributed by atoms with E-state index in [4.69, 9.17) is 4.74 Å². The van der Waals surface area contributed by atoms with Crippen LogP contribution in [0.3, 0.4) is 0 Å². The summed E-state index contributed by atoms with van der Waals surface area (Å²) < 4.78 is 45.1. The van der Waals surface area contributed by atoms with Gasteiger partial charge in [0.2, 0.25) is 5.95 Å². The number of amides is 1. The molecule has 3 heterocycles. The molecular weight excluding hydrogens is 541 g/mol. The molecule has 1 aliphatic heterocycles. The molecule has 1 aliphatic rings. The second-order valence-electron chi connectivity index (χ2n) is 8.12. The van der Waals surface area contributed by atoms with Crippen LogP contribution in [0.5, 0.6) is 0 Å². The Morgan fingerprint density at radius 3 is 2.67 bits per heavy atom. The van der Waals surface area contributed by atoms with Crippen LogP contribution < -0.4 is 10.6 Å². The fraction of sp³-hybridized carbons (Fsp3) is 0.333. The normalized spacial score (nSPS) is 14.4. The maximum absolute atomic E-state index is 13.2. The molecule has 1 aromatic carbocycles. The number of alkyl halides is 3. The zero-order chi connectivity index (χ0) is 25.5. The van der Waals surface area contributed by atoms with Crippen LogP contribution in [0.2, 0.25) is 0 Å². The van der Waals surface area contributed by atoms with E-state index in [1.165, 1.54) is 6.07 Å².